The van der Waals surface area contributed by atoms with Crippen LogP contribution < -0.4 is 0 Å². The predicted molar refractivity (Wildman–Crippen MR) is 109 cm³/mol. The van der Waals surface area contributed by atoms with Gasteiger partial charge >= 0.3 is 5.97 Å². The van der Waals surface area contributed by atoms with Crippen LogP contribution in [0.3, 0.4) is 0 Å². The lowest BCUT2D eigenvalue weighted by Crippen LogP contribution is -2.42. The van der Waals surface area contributed by atoms with E-state index in [-0.39, 0.29) is 12.1 Å². The molecule has 144 valence electrons. The average molecular weight is 357 g/mol. The van der Waals surface area contributed by atoms with Crippen molar-refractivity contribution < 1.29 is 9.53 Å². The molecule has 0 bridgehead atoms. The van der Waals surface area contributed by atoms with Crippen LogP contribution in [-0.4, -0.2) is 12.1 Å². The van der Waals surface area contributed by atoms with Gasteiger partial charge in [0.2, 0.25) is 0 Å². The van der Waals surface area contributed by atoms with Gasteiger partial charge in [0.05, 0.1) is 5.41 Å². The Hall–Kier alpha value is -1.57. The lowest BCUT2D eigenvalue weighted by atomic mass is 9.74. The molecule has 26 heavy (non-hydrogen) atoms. The number of esters is 1. The molecule has 2 heteroatoms. The lowest BCUT2D eigenvalue weighted by Gasteiger charge is -2.39. The maximum Gasteiger partial charge on any atom is 0.316 e. The lowest BCUT2D eigenvalue weighted by molar-refractivity contribution is -0.162. The van der Waals surface area contributed by atoms with Crippen LogP contribution in [0.2, 0.25) is 0 Å². The van der Waals surface area contributed by atoms with Gasteiger partial charge in [-0.2, -0.15) is 0 Å². The standard InChI is InChI=1S/C24H36O2/c1-17(2)14-15-24(6,20-10-8-7-9-11-20)23(25)26-22-16-19(5)12-13-21(22)18(3)4/h7-11,14,18-19,21-22H,12-13,15-16H2,1-6H3/t19-,21+,22-,24?/m1/s1. The van der Waals surface area contributed by atoms with Crippen molar-refractivity contribution in [1.82, 2.24) is 0 Å². The van der Waals surface area contributed by atoms with E-state index in [4.69, 9.17) is 4.74 Å². The van der Waals surface area contributed by atoms with Crippen LogP contribution in [-0.2, 0) is 14.9 Å². The van der Waals surface area contributed by atoms with Crippen molar-refractivity contribution in [1.29, 1.82) is 0 Å². The smallest absolute Gasteiger partial charge is 0.316 e. The van der Waals surface area contributed by atoms with Crippen molar-refractivity contribution >= 4 is 5.97 Å². The normalized spacial score (nSPS) is 25.4. The highest BCUT2D eigenvalue weighted by Crippen LogP contribution is 2.38. The molecule has 0 amide bonds. The Balaban J connectivity index is 2.26. The minimum atomic E-state index is -0.638. The largest absolute Gasteiger partial charge is 0.461 e. The summed E-state index contributed by atoms with van der Waals surface area (Å²) in [5, 5.41) is 0. The molecule has 0 heterocycles. The second-order valence-electron chi connectivity index (χ2n) is 8.95. The van der Waals surface area contributed by atoms with Crippen molar-refractivity contribution in [2.75, 3.05) is 0 Å². The molecule has 1 unspecified atom stereocenters. The maximum atomic E-state index is 13.4. The van der Waals surface area contributed by atoms with Gasteiger partial charge in [0.15, 0.2) is 0 Å². The first-order valence-electron chi connectivity index (χ1n) is 10.1. The third-order valence-corrected chi connectivity index (χ3v) is 6.00. The predicted octanol–water partition coefficient (Wildman–Crippen LogP) is 6.30. The number of carbonyl (C=O) groups is 1. The number of hydrogen-bond donors (Lipinski definition) is 0. The molecule has 0 spiro atoms. The van der Waals surface area contributed by atoms with Gasteiger partial charge in [-0.3, -0.25) is 4.79 Å². The SMILES string of the molecule is CC(C)=CCC(C)(C(=O)O[C@@H]1C[C@H](C)CC[C@H]1C(C)C)c1ccccc1. The molecule has 1 aromatic carbocycles. The first-order chi connectivity index (χ1) is 12.2. The molecule has 0 radical (unpaired) electrons. The molecular weight excluding hydrogens is 320 g/mol. The van der Waals surface area contributed by atoms with Gasteiger partial charge in [-0.05, 0) is 63.4 Å². The van der Waals surface area contributed by atoms with Gasteiger partial charge in [-0.15, -0.1) is 0 Å². The van der Waals surface area contributed by atoms with Crippen LogP contribution in [0.25, 0.3) is 0 Å². The number of allylic oxidation sites excluding steroid dienone is 2. The van der Waals surface area contributed by atoms with Gasteiger partial charge in [0, 0.05) is 0 Å². The van der Waals surface area contributed by atoms with Crippen LogP contribution >= 0.6 is 0 Å². The Kier molecular flexibility index (Phi) is 7.08. The molecule has 1 aliphatic carbocycles. The number of carbonyl (C=O) groups excluding carboxylic acids is 1. The molecule has 4 atom stereocenters. The van der Waals surface area contributed by atoms with Crippen molar-refractivity contribution in [3.05, 3.63) is 47.5 Å². The van der Waals surface area contributed by atoms with Crippen LogP contribution in [0.5, 0.6) is 0 Å². The van der Waals surface area contributed by atoms with Crippen LogP contribution in [0.15, 0.2) is 42.0 Å². The second-order valence-corrected chi connectivity index (χ2v) is 8.95. The van der Waals surface area contributed by atoms with E-state index in [1.807, 2.05) is 37.3 Å². The Morgan fingerprint density at radius 1 is 1.23 bits per heavy atom. The minimum absolute atomic E-state index is 0.0426. The molecule has 1 aromatic rings. The summed E-state index contributed by atoms with van der Waals surface area (Å²) in [6.45, 7) is 13.0. The van der Waals surface area contributed by atoms with Crippen molar-refractivity contribution in [2.45, 2.75) is 78.7 Å². The summed E-state index contributed by atoms with van der Waals surface area (Å²) in [6, 6.07) is 10.1. The molecule has 0 aliphatic heterocycles. The molecule has 0 aromatic heterocycles. The fourth-order valence-corrected chi connectivity index (χ4v) is 4.05. The molecule has 2 nitrogen and oxygen atoms in total. The van der Waals surface area contributed by atoms with Gasteiger partial charge in [0.1, 0.15) is 6.10 Å². The quantitative estimate of drug-likeness (QED) is 0.441. The highest BCUT2D eigenvalue weighted by Gasteiger charge is 2.40. The Labute approximate surface area is 160 Å². The Morgan fingerprint density at radius 3 is 2.46 bits per heavy atom. The molecule has 1 aliphatic rings. The fraction of sp³-hybridized carbons (Fsp3) is 0.625. The Morgan fingerprint density at radius 2 is 1.88 bits per heavy atom. The highest BCUT2D eigenvalue weighted by atomic mass is 16.5. The highest BCUT2D eigenvalue weighted by molar-refractivity contribution is 5.83. The van der Waals surface area contributed by atoms with Crippen molar-refractivity contribution in [3.63, 3.8) is 0 Å². The zero-order valence-corrected chi connectivity index (χ0v) is 17.4. The summed E-state index contributed by atoms with van der Waals surface area (Å²) in [4.78, 5) is 13.4. The maximum absolute atomic E-state index is 13.4. The second kappa shape index (κ2) is 8.88. The van der Waals surface area contributed by atoms with Gasteiger partial charge in [0.25, 0.3) is 0 Å². The average Bonchev–Trinajstić information content (AvgIpc) is 2.60. The summed E-state index contributed by atoms with van der Waals surface area (Å²) >= 11 is 0. The van der Waals surface area contributed by atoms with E-state index in [0.717, 1.165) is 18.4 Å². The molecule has 0 saturated heterocycles. The third kappa shape index (κ3) is 4.99. The monoisotopic (exact) mass is 356 g/mol. The molecular formula is C24H36O2. The fourth-order valence-electron chi connectivity index (χ4n) is 4.05. The zero-order valence-electron chi connectivity index (χ0n) is 17.4. The van der Waals surface area contributed by atoms with E-state index in [0.29, 0.717) is 24.2 Å². The van der Waals surface area contributed by atoms with E-state index in [2.05, 4.69) is 40.7 Å². The van der Waals surface area contributed by atoms with E-state index >= 15 is 0 Å². The summed E-state index contributed by atoms with van der Waals surface area (Å²) in [7, 11) is 0. The van der Waals surface area contributed by atoms with Gasteiger partial charge < -0.3 is 4.74 Å². The summed E-state index contributed by atoms with van der Waals surface area (Å²) in [5.41, 5.74) is 1.62. The Bertz CT molecular complexity index is 612. The minimum Gasteiger partial charge on any atom is -0.461 e. The van der Waals surface area contributed by atoms with Crippen molar-refractivity contribution in [2.24, 2.45) is 17.8 Å². The summed E-state index contributed by atoms with van der Waals surface area (Å²) in [6.07, 6.45) is 6.25. The number of rotatable bonds is 6. The topological polar surface area (TPSA) is 26.3 Å². The third-order valence-electron chi connectivity index (χ3n) is 6.00. The van der Waals surface area contributed by atoms with Gasteiger partial charge in [-0.25, -0.2) is 0 Å². The zero-order chi connectivity index (χ0) is 19.3. The van der Waals surface area contributed by atoms with E-state index in [1.54, 1.807) is 0 Å². The molecule has 2 rings (SSSR count). The number of ether oxygens (including phenoxy) is 1. The first-order valence-corrected chi connectivity index (χ1v) is 10.1. The summed E-state index contributed by atoms with van der Waals surface area (Å²) < 4.78 is 6.22. The van der Waals surface area contributed by atoms with E-state index in [1.165, 1.54) is 12.0 Å². The molecule has 0 N–H and O–H groups in total. The van der Waals surface area contributed by atoms with Crippen molar-refractivity contribution in [3.8, 4) is 0 Å². The van der Waals surface area contributed by atoms with E-state index in [9.17, 15) is 4.79 Å². The first kappa shape index (κ1) is 20.7. The number of hydrogen-bond acceptors (Lipinski definition) is 2. The number of benzene rings is 1. The van der Waals surface area contributed by atoms with Crippen LogP contribution in [0.1, 0.15) is 72.8 Å². The van der Waals surface area contributed by atoms with Crippen LogP contribution in [0, 0.1) is 17.8 Å². The molecule has 1 fully saturated rings. The summed E-state index contributed by atoms with van der Waals surface area (Å²) in [5.74, 6) is 1.56. The molecule has 1 saturated carbocycles. The van der Waals surface area contributed by atoms with Gasteiger partial charge in [-0.1, -0.05) is 69.2 Å². The van der Waals surface area contributed by atoms with E-state index < -0.39 is 5.41 Å². The van der Waals surface area contributed by atoms with Crippen LogP contribution in [0.4, 0.5) is 0 Å².